The summed E-state index contributed by atoms with van der Waals surface area (Å²) in [5, 5.41) is 7.93. The van der Waals surface area contributed by atoms with Crippen molar-refractivity contribution in [1.82, 2.24) is 15.2 Å². The number of rotatable bonds is 3. The highest BCUT2D eigenvalue weighted by Gasteiger charge is 2.12. The van der Waals surface area contributed by atoms with Gasteiger partial charge in [-0.05, 0) is 18.6 Å². The summed E-state index contributed by atoms with van der Waals surface area (Å²) in [6.45, 7) is 1.90. The highest BCUT2D eigenvalue weighted by atomic mass is 79.9. The molecule has 0 saturated carbocycles. The minimum Gasteiger partial charge on any atom is -0.322 e. The van der Waals surface area contributed by atoms with E-state index < -0.39 is 0 Å². The molecule has 2 aromatic rings. The molecular weight excluding hydrogens is 296 g/mol. The Bertz CT molecular complexity index is 611. The van der Waals surface area contributed by atoms with Gasteiger partial charge in [0.1, 0.15) is 5.69 Å². The van der Waals surface area contributed by atoms with E-state index in [9.17, 15) is 4.79 Å². The Morgan fingerprint density at radius 3 is 2.83 bits per heavy atom. The van der Waals surface area contributed by atoms with Crippen LogP contribution in [-0.2, 0) is 0 Å². The topological polar surface area (TPSA) is 84.7 Å². The maximum atomic E-state index is 11.8. The normalized spacial score (nSPS) is 12.4. The standard InChI is InChI=1S/C12H13BrN4O/c1-2-9(14)10-12(18)15-11(17-16-10)7-4-3-5-8(13)6-7/h3-6,9H,2,14H2,1H3,(H,15,17,18). The fourth-order valence-electron chi connectivity index (χ4n) is 1.55. The monoisotopic (exact) mass is 308 g/mol. The summed E-state index contributed by atoms with van der Waals surface area (Å²) in [6, 6.07) is 7.10. The van der Waals surface area contributed by atoms with Crippen LogP contribution in [0.4, 0.5) is 0 Å². The van der Waals surface area contributed by atoms with Gasteiger partial charge in [-0.25, -0.2) is 0 Å². The average molecular weight is 309 g/mol. The summed E-state index contributed by atoms with van der Waals surface area (Å²) in [5.74, 6) is 0.438. The lowest BCUT2D eigenvalue weighted by Crippen LogP contribution is -2.24. The summed E-state index contributed by atoms with van der Waals surface area (Å²) in [4.78, 5) is 14.6. The molecule has 0 amide bonds. The van der Waals surface area contributed by atoms with Crippen LogP contribution in [0.2, 0.25) is 0 Å². The minimum atomic E-state index is -0.377. The Balaban J connectivity index is 2.43. The molecule has 2 rings (SSSR count). The van der Waals surface area contributed by atoms with Gasteiger partial charge in [-0.15, -0.1) is 10.2 Å². The van der Waals surface area contributed by atoms with Crippen molar-refractivity contribution >= 4 is 15.9 Å². The van der Waals surface area contributed by atoms with Crippen molar-refractivity contribution in [3.05, 3.63) is 44.8 Å². The van der Waals surface area contributed by atoms with Gasteiger partial charge >= 0.3 is 0 Å². The molecule has 0 fully saturated rings. The van der Waals surface area contributed by atoms with E-state index in [1.54, 1.807) is 0 Å². The number of H-pyrrole nitrogens is 1. The number of halogens is 1. The van der Waals surface area contributed by atoms with Gasteiger partial charge in [0.2, 0.25) is 0 Å². The average Bonchev–Trinajstić information content (AvgIpc) is 2.37. The summed E-state index contributed by atoms with van der Waals surface area (Å²) in [6.07, 6.45) is 0.647. The lowest BCUT2D eigenvalue weighted by molar-refractivity contribution is 0.645. The van der Waals surface area contributed by atoms with E-state index in [1.165, 1.54) is 0 Å². The molecule has 1 unspecified atom stereocenters. The van der Waals surface area contributed by atoms with Crippen LogP contribution in [0.15, 0.2) is 33.5 Å². The predicted molar refractivity (Wildman–Crippen MR) is 73.0 cm³/mol. The molecule has 18 heavy (non-hydrogen) atoms. The van der Waals surface area contributed by atoms with E-state index in [1.807, 2.05) is 31.2 Å². The number of aromatic amines is 1. The molecule has 1 atom stereocenters. The van der Waals surface area contributed by atoms with E-state index in [0.29, 0.717) is 12.2 Å². The van der Waals surface area contributed by atoms with Crippen molar-refractivity contribution in [2.75, 3.05) is 0 Å². The molecule has 0 bridgehead atoms. The van der Waals surface area contributed by atoms with Crippen LogP contribution < -0.4 is 11.3 Å². The Kier molecular flexibility index (Phi) is 3.88. The first-order chi connectivity index (χ1) is 8.61. The molecule has 0 spiro atoms. The molecule has 0 aliphatic rings. The van der Waals surface area contributed by atoms with Crippen LogP contribution in [0, 0.1) is 0 Å². The zero-order valence-electron chi connectivity index (χ0n) is 9.85. The molecule has 1 aromatic carbocycles. The largest absolute Gasteiger partial charge is 0.322 e. The molecule has 1 heterocycles. The quantitative estimate of drug-likeness (QED) is 0.908. The summed E-state index contributed by atoms with van der Waals surface area (Å²) < 4.78 is 0.914. The lowest BCUT2D eigenvalue weighted by atomic mass is 10.2. The van der Waals surface area contributed by atoms with Crippen LogP contribution >= 0.6 is 15.9 Å². The Morgan fingerprint density at radius 2 is 2.22 bits per heavy atom. The van der Waals surface area contributed by atoms with Crippen LogP contribution in [0.1, 0.15) is 25.1 Å². The van der Waals surface area contributed by atoms with Gasteiger partial charge in [0, 0.05) is 10.0 Å². The van der Waals surface area contributed by atoms with Crippen LogP contribution in [0.3, 0.4) is 0 Å². The summed E-state index contributed by atoms with van der Waals surface area (Å²) in [5.41, 5.74) is 6.57. The third-order valence-corrected chi connectivity index (χ3v) is 3.10. The smallest absolute Gasteiger partial charge is 0.274 e. The number of nitrogens with zero attached hydrogens (tertiary/aromatic N) is 2. The van der Waals surface area contributed by atoms with Crippen molar-refractivity contribution < 1.29 is 0 Å². The van der Waals surface area contributed by atoms with Crippen LogP contribution in [-0.4, -0.2) is 15.2 Å². The number of benzene rings is 1. The summed E-state index contributed by atoms with van der Waals surface area (Å²) >= 11 is 3.37. The van der Waals surface area contributed by atoms with E-state index in [4.69, 9.17) is 5.73 Å². The van der Waals surface area contributed by atoms with Gasteiger partial charge in [0.15, 0.2) is 5.82 Å². The van der Waals surface area contributed by atoms with E-state index in [-0.39, 0.29) is 17.3 Å². The predicted octanol–water partition coefficient (Wildman–Crippen LogP) is 2.00. The lowest BCUT2D eigenvalue weighted by Gasteiger charge is -2.07. The molecule has 6 heteroatoms. The first-order valence-corrected chi connectivity index (χ1v) is 6.39. The number of aromatic nitrogens is 3. The molecule has 94 valence electrons. The Labute approximate surface area is 113 Å². The highest BCUT2D eigenvalue weighted by Crippen LogP contribution is 2.18. The van der Waals surface area contributed by atoms with Crippen molar-refractivity contribution in [1.29, 1.82) is 0 Å². The van der Waals surface area contributed by atoms with Crippen molar-refractivity contribution in [2.45, 2.75) is 19.4 Å². The molecule has 3 N–H and O–H groups in total. The maximum Gasteiger partial charge on any atom is 0.274 e. The Hall–Kier alpha value is -1.53. The number of nitrogens with one attached hydrogen (secondary N) is 1. The van der Waals surface area contributed by atoms with Crippen molar-refractivity contribution in [2.24, 2.45) is 5.73 Å². The van der Waals surface area contributed by atoms with Gasteiger partial charge in [-0.3, -0.25) is 4.79 Å². The molecular formula is C12H13BrN4O. The zero-order chi connectivity index (χ0) is 13.1. The third-order valence-electron chi connectivity index (χ3n) is 2.61. The number of hydrogen-bond donors (Lipinski definition) is 2. The van der Waals surface area contributed by atoms with E-state index >= 15 is 0 Å². The molecule has 1 aromatic heterocycles. The second kappa shape index (κ2) is 5.41. The van der Waals surface area contributed by atoms with Gasteiger partial charge in [-0.2, -0.15) is 0 Å². The minimum absolute atomic E-state index is 0.274. The van der Waals surface area contributed by atoms with Gasteiger partial charge in [0.05, 0.1) is 6.04 Å². The fourth-order valence-corrected chi connectivity index (χ4v) is 1.95. The molecule has 0 radical (unpaired) electrons. The van der Waals surface area contributed by atoms with E-state index in [2.05, 4.69) is 31.1 Å². The van der Waals surface area contributed by atoms with Crippen LogP contribution in [0.5, 0.6) is 0 Å². The summed E-state index contributed by atoms with van der Waals surface area (Å²) in [7, 11) is 0. The first kappa shape index (κ1) is 12.9. The second-order valence-electron chi connectivity index (χ2n) is 3.91. The van der Waals surface area contributed by atoms with Crippen molar-refractivity contribution in [3.63, 3.8) is 0 Å². The zero-order valence-corrected chi connectivity index (χ0v) is 11.4. The van der Waals surface area contributed by atoms with Crippen LogP contribution in [0.25, 0.3) is 11.4 Å². The van der Waals surface area contributed by atoms with Gasteiger partial charge in [0.25, 0.3) is 5.56 Å². The SMILES string of the molecule is CCC(N)c1nnc(-c2cccc(Br)c2)[nH]c1=O. The van der Waals surface area contributed by atoms with E-state index in [0.717, 1.165) is 10.0 Å². The molecule has 5 nitrogen and oxygen atoms in total. The highest BCUT2D eigenvalue weighted by molar-refractivity contribution is 9.10. The number of nitrogens with two attached hydrogens (primary N) is 1. The van der Waals surface area contributed by atoms with Gasteiger partial charge in [-0.1, -0.05) is 35.0 Å². The molecule has 0 aliphatic heterocycles. The number of hydrogen-bond acceptors (Lipinski definition) is 4. The maximum absolute atomic E-state index is 11.8. The van der Waals surface area contributed by atoms with Crippen molar-refractivity contribution in [3.8, 4) is 11.4 Å². The molecule has 0 aliphatic carbocycles. The second-order valence-corrected chi connectivity index (χ2v) is 4.83. The first-order valence-electron chi connectivity index (χ1n) is 5.60. The van der Waals surface area contributed by atoms with Gasteiger partial charge < -0.3 is 10.7 Å². The molecule has 0 saturated heterocycles. The Morgan fingerprint density at radius 1 is 1.44 bits per heavy atom. The third kappa shape index (κ3) is 2.65. The fraction of sp³-hybridized carbons (Fsp3) is 0.250.